The summed E-state index contributed by atoms with van der Waals surface area (Å²) in [6, 6.07) is 15.0. The average molecular weight is 625 g/mol. The first-order valence-electron chi connectivity index (χ1n) is 16.0. The first kappa shape index (κ1) is 33.2. The highest BCUT2D eigenvalue weighted by Crippen LogP contribution is 2.34. The lowest BCUT2D eigenvalue weighted by Crippen LogP contribution is -2.50. The SMILES string of the molecule is COCCCN1CCOc2ccc(CO[C@H]3CNC[C@@H](OCCc4nn[nH]n4)C3c3ccc(COC[C@@H](C)COC)cc3)cc21. The fourth-order valence-electron chi connectivity index (χ4n) is 6.00. The summed E-state index contributed by atoms with van der Waals surface area (Å²) in [5.74, 6) is 1.96. The van der Waals surface area contributed by atoms with E-state index in [1.807, 2.05) is 0 Å². The molecule has 4 atom stereocenters. The van der Waals surface area contributed by atoms with Crippen LogP contribution in [0.25, 0.3) is 0 Å². The number of rotatable bonds is 18. The number of aromatic nitrogens is 4. The minimum absolute atomic E-state index is 0.0414. The molecule has 2 aliphatic rings. The van der Waals surface area contributed by atoms with Crippen LogP contribution in [0.15, 0.2) is 42.5 Å². The highest BCUT2D eigenvalue weighted by molar-refractivity contribution is 5.61. The molecule has 0 aliphatic carbocycles. The summed E-state index contributed by atoms with van der Waals surface area (Å²) in [5.41, 5.74) is 4.56. The van der Waals surface area contributed by atoms with Gasteiger partial charge in [0, 0.05) is 58.7 Å². The Kier molecular flexibility index (Phi) is 13.0. The second-order valence-electron chi connectivity index (χ2n) is 11.8. The monoisotopic (exact) mass is 624 g/mol. The van der Waals surface area contributed by atoms with Gasteiger partial charge in [-0.05, 0) is 35.2 Å². The van der Waals surface area contributed by atoms with Crippen molar-refractivity contribution in [2.24, 2.45) is 5.92 Å². The molecule has 5 rings (SSSR count). The molecule has 246 valence electrons. The van der Waals surface area contributed by atoms with Crippen molar-refractivity contribution in [1.82, 2.24) is 25.9 Å². The van der Waals surface area contributed by atoms with Crippen LogP contribution in [-0.2, 0) is 43.3 Å². The fourth-order valence-corrected chi connectivity index (χ4v) is 6.00. The molecule has 1 aromatic heterocycles. The molecule has 12 heteroatoms. The summed E-state index contributed by atoms with van der Waals surface area (Å²) in [4.78, 5) is 2.38. The number of H-pyrrole nitrogens is 1. The number of nitrogens with one attached hydrogen (secondary N) is 2. The number of nitrogens with zero attached hydrogens (tertiary/aromatic N) is 4. The fraction of sp³-hybridized carbons (Fsp3) is 0.606. The minimum Gasteiger partial charge on any atom is -0.490 e. The van der Waals surface area contributed by atoms with Gasteiger partial charge in [-0.25, -0.2) is 0 Å². The minimum atomic E-state index is -0.0870. The third kappa shape index (κ3) is 9.68. The van der Waals surface area contributed by atoms with Crippen molar-refractivity contribution in [3.8, 4) is 5.75 Å². The number of benzene rings is 2. The van der Waals surface area contributed by atoms with Gasteiger partial charge < -0.3 is 38.6 Å². The van der Waals surface area contributed by atoms with E-state index in [2.05, 4.69) is 80.2 Å². The predicted octanol–water partition coefficient (Wildman–Crippen LogP) is 3.13. The van der Waals surface area contributed by atoms with E-state index in [1.54, 1.807) is 14.2 Å². The molecule has 0 radical (unpaired) electrons. The highest BCUT2D eigenvalue weighted by Gasteiger charge is 2.36. The number of fused-ring (bicyclic) bond motifs is 1. The van der Waals surface area contributed by atoms with Crippen LogP contribution in [0.3, 0.4) is 0 Å². The molecule has 12 nitrogen and oxygen atoms in total. The Hall–Kier alpha value is -3.13. The summed E-state index contributed by atoms with van der Waals surface area (Å²) in [7, 11) is 3.46. The lowest BCUT2D eigenvalue weighted by molar-refractivity contribution is -0.0594. The average Bonchev–Trinajstić information content (AvgIpc) is 3.58. The summed E-state index contributed by atoms with van der Waals surface area (Å²) in [6.45, 7) is 9.71. The van der Waals surface area contributed by atoms with E-state index in [0.29, 0.717) is 57.8 Å². The van der Waals surface area contributed by atoms with Gasteiger partial charge in [0.1, 0.15) is 12.4 Å². The lowest BCUT2D eigenvalue weighted by atomic mass is 9.85. The zero-order chi connectivity index (χ0) is 31.3. The smallest absolute Gasteiger partial charge is 0.176 e. The third-order valence-electron chi connectivity index (χ3n) is 8.25. The molecular formula is C33H48N6O6. The first-order chi connectivity index (χ1) is 22.1. The number of tetrazole rings is 1. The van der Waals surface area contributed by atoms with Crippen molar-refractivity contribution in [3.05, 3.63) is 65.0 Å². The third-order valence-corrected chi connectivity index (χ3v) is 8.25. The van der Waals surface area contributed by atoms with Crippen LogP contribution in [0, 0.1) is 5.92 Å². The van der Waals surface area contributed by atoms with Gasteiger partial charge in [-0.3, -0.25) is 0 Å². The van der Waals surface area contributed by atoms with Crippen molar-refractivity contribution in [1.29, 1.82) is 0 Å². The van der Waals surface area contributed by atoms with Crippen LogP contribution in [0.5, 0.6) is 5.75 Å². The van der Waals surface area contributed by atoms with Crippen molar-refractivity contribution < 1.29 is 28.4 Å². The van der Waals surface area contributed by atoms with E-state index in [-0.39, 0.29) is 18.1 Å². The maximum absolute atomic E-state index is 6.69. The molecule has 0 bridgehead atoms. The molecule has 0 spiro atoms. The molecule has 2 aliphatic heterocycles. The second kappa shape index (κ2) is 17.5. The van der Waals surface area contributed by atoms with Crippen LogP contribution in [0.2, 0.25) is 0 Å². The highest BCUT2D eigenvalue weighted by atomic mass is 16.5. The molecule has 0 amide bonds. The lowest BCUT2D eigenvalue weighted by Gasteiger charge is -2.39. The molecular weight excluding hydrogens is 576 g/mol. The van der Waals surface area contributed by atoms with Gasteiger partial charge in [-0.1, -0.05) is 42.5 Å². The second-order valence-corrected chi connectivity index (χ2v) is 11.8. The molecule has 1 unspecified atom stereocenters. The van der Waals surface area contributed by atoms with E-state index in [9.17, 15) is 0 Å². The summed E-state index contributed by atoms with van der Waals surface area (Å²) < 4.78 is 35.5. The molecule has 45 heavy (non-hydrogen) atoms. The number of methoxy groups -OCH3 is 2. The molecule has 2 N–H and O–H groups in total. The van der Waals surface area contributed by atoms with Gasteiger partial charge >= 0.3 is 0 Å². The maximum atomic E-state index is 6.69. The van der Waals surface area contributed by atoms with E-state index in [4.69, 9.17) is 28.4 Å². The van der Waals surface area contributed by atoms with Crippen LogP contribution < -0.4 is 15.0 Å². The van der Waals surface area contributed by atoms with Gasteiger partial charge in [0.15, 0.2) is 5.82 Å². The molecule has 0 saturated carbocycles. The number of ether oxygens (including phenoxy) is 6. The summed E-state index contributed by atoms with van der Waals surface area (Å²) >= 11 is 0. The van der Waals surface area contributed by atoms with Crippen molar-refractivity contribution >= 4 is 5.69 Å². The van der Waals surface area contributed by atoms with Gasteiger partial charge in [0.05, 0.1) is 57.5 Å². The van der Waals surface area contributed by atoms with Crippen LogP contribution in [-0.4, -0.2) is 106 Å². The predicted molar refractivity (Wildman–Crippen MR) is 170 cm³/mol. The van der Waals surface area contributed by atoms with Gasteiger partial charge in [-0.15, -0.1) is 10.2 Å². The molecule has 1 fully saturated rings. The van der Waals surface area contributed by atoms with Gasteiger partial charge in [-0.2, -0.15) is 5.21 Å². The topological polar surface area (TPSA) is 125 Å². The Labute approximate surface area is 266 Å². The maximum Gasteiger partial charge on any atom is 0.176 e. The van der Waals surface area contributed by atoms with Crippen molar-refractivity contribution in [3.63, 3.8) is 0 Å². The Morgan fingerprint density at radius 2 is 1.78 bits per heavy atom. The number of aromatic amines is 1. The number of piperidine rings is 1. The van der Waals surface area contributed by atoms with Crippen LogP contribution in [0.4, 0.5) is 5.69 Å². The molecule has 3 aromatic rings. The van der Waals surface area contributed by atoms with Gasteiger partial charge in [0.25, 0.3) is 0 Å². The van der Waals surface area contributed by atoms with Crippen LogP contribution in [0.1, 0.15) is 41.8 Å². The number of anilines is 1. The van der Waals surface area contributed by atoms with Gasteiger partial charge in [0.2, 0.25) is 0 Å². The summed E-state index contributed by atoms with van der Waals surface area (Å²) in [5, 5.41) is 17.8. The largest absolute Gasteiger partial charge is 0.490 e. The van der Waals surface area contributed by atoms with E-state index in [0.717, 1.165) is 61.8 Å². The van der Waals surface area contributed by atoms with Crippen LogP contribution >= 0.6 is 0 Å². The van der Waals surface area contributed by atoms with E-state index >= 15 is 0 Å². The first-order valence-corrected chi connectivity index (χ1v) is 16.0. The Bertz CT molecular complexity index is 1260. The summed E-state index contributed by atoms with van der Waals surface area (Å²) in [6.07, 6.45) is 1.39. The van der Waals surface area contributed by atoms with E-state index in [1.165, 1.54) is 5.56 Å². The number of hydrogen-bond acceptors (Lipinski definition) is 11. The Morgan fingerprint density at radius 3 is 2.56 bits per heavy atom. The van der Waals surface area contributed by atoms with E-state index < -0.39 is 0 Å². The quantitative estimate of drug-likeness (QED) is 0.203. The normalized spacial score (nSPS) is 20.5. The molecule has 3 heterocycles. The zero-order valence-corrected chi connectivity index (χ0v) is 26.8. The molecule has 1 saturated heterocycles. The standard InChI is InChI=1S/C33H48N6O6/c1-24(20-41-3)21-42-22-25-5-8-27(9-6-25)33-30(43-15-11-32-35-37-38-36-32)18-34-19-31(33)45-23-26-7-10-29-28(17-26)39(13-16-44-29)12-4-14-40-2/h5-10,17,24,30-31,33-34H,4,11-16,18-23H2,1-3H3,(H,35,36,37,38)/t24-,30+,31-,33?/m0/s1. The molecule has 2 aromatic carbocycles. The zero-order valence-electron chi connectivity index (χ0n) is 26.8. The Balaban J connectivity index is 1.26. The van der Waals surface area contributed by atoms with Crippen molar-refractivity contribution in [2.45, 2.75) is 51.1 Å². The Morgan fingerprint density at radius 1 is 0.956 bits per heavy atom. The number of hydrogen-bond donors (Lipinski definition) is 2. The van der Waals surface area contributed by atoms with Crippen molar-refractivity contribution in [2.75, 3.05) is 78.3 Å².